The predicted octanol–water partition coefficient (Wildman–Crippen LogP) is 3.66. The predicted molar refractivity (Wildman–Crippen MR) is 77.1 cm³/mol. The summed E-state index contributed by atoms with van der Waals surface area (Å²) in [6.07, 6.45) is 5.65. The van der Waals surface area contributed by atoms with Crippen molar-refractivity contribution in [2.45, 2.75) is 45.6 Å². The highest BCUT2D eigenvalue weighted by molar-refractivity contribution is 5.59. The van der Waals surface area contributed by atoms with Crippen LogP contribution in [0.15, 0.2) is 18.2 Å². The van der Waals surface area contributed by atoms with Gasteiger partial charge >= 0.3 is 0 Å². The molecule has 1 aliphatic rings. The number of hydrogen-bond donors (Lipinski definition) is 2. The minimum absolute atomic E-state index is 0.176. The van der Waals surface area contributed by atoms with E-state index in [1.54, 1.807) is 0 Å². The lowest BCUT2D eigenvalue weighted by Crippen LogP contribution is -2.15. The van der Waals surface area contributed by atoms with Crippen LogP contribution < -0.4 is 15.8 Å². The Morgan fingerprint density at radius 1 is 1.33 bits per heavy atom. The van der Waals surface area contributed by atoms with Crippen LogP contribution in [-0.2, 0) is 0 Å². The SMILES string of the molecule is CC(C)Oc1cc(N)cc(NCCC2CCC2)c1. The maximum absolute atomic E-state index is 5.88. The Morgan fingerprint density at radius 2 is 2.11 bits per heavy atom. The van der Waals surface area contributed by atoms with E-state index in [0.717, 1.165) is 29.6 Å². The van der Waals surface area contributed by atoms with E-state index in [1.165, 1.54) is 25.7 Å². The largest absolute Gasteiger partial charge is 0.491 e. The van der Waals surface area contributed by atoms with Gasteiger partial charge in [-0.1, -0.05) is 19.3 Å². The Balaban J connectivity index is 1.87. The van der Waals surface area contributed by atoms with Crippen molar-refractivity contribution in [2.75, 3.05) is 17.6 Å². The molecule has 1 fully saturated rings. The lowest BCUT2D eigenvalue weighted by Gasteiger charge is -2.25. The summed E-state index contributed by atoms with van der Waals surface area (Å²) < 4.78 is 5.68. The summed E-state index contributed by atoms with van der Waals surface area (Å²) in [5.74, 6) is 1.78. The average molecular weight is 248 g/mol. The Labute approximate surface area is 110 Å². The molecule has 1 saturated carbocycles. The number of benzene rings is 1. The van der Waals surface area contributed by atoms with Crippen LogP contribution in [0.5, 0.6) is 5.75 Å². The van der Waals surface area contributed by atoms with Gasteiger partial charge in [0.1, 0.15) is 5.75 Å². The molecule has 0 bridgehead atoms. The molecule has 0 aliphatic heterocycles. The molecule has 1 aliphatic carbocycles. The van der Waals surface area contributed by atoms with E-state index in [1.807, 2.05) is 32.0 Å². The van der Waals surface area contributed by atoms with Crippen LogP contribution in [0.1, 0.15) is 39.5 Å². The molecule has 1 aromatic rings. The second-order valence-corrected chi connectivity index (χ2v) is 5.47. The van der Waals surface area contributed by atoms with Crippen LogP contribution in [0.2, 0.25) is 0 Å². The number of rotatable bonds is 6. The molecule has 0 atom stereocenters. The summed E-state index contributed by atoms with van der Waals surface area (Å²) in [6, 6.07) is 5.86. The van der Waals surface area contributed by atoms with Gasteiger partial charge < -0.3 is 15.8 Å². The van der Waals surface area contributed by atoms with Crippen LogP contribution >= 0.6 is 0 Å². The third kappa shape index (κ3) is 3.83. The van der Waals surface area contributed by atoms with Crippen molar-refractivity contribution in [1.82, 2.24) is 0 Å². The fraction of sp³-hybridized carbons (Fsp3) is 0.600. The lowest BCUT2D eigenvalue weighted by molar-refractivity contribution is 0.242. The molecule has 100 valence electrons. The van der Waals surface area contributed by atoms with E-state index in [2.05, 4.69) is 5.32 Å². The zero-order chi connectivity index (χ0) is 13.0. The molecule has 0 heterocycles. The molecule has 0 aromatic heterocycles. The van der Waals surface area contributed by atoms with Crippen molar-refractivity contribution in [3.05, 3.63) is 18.2 Å². The van der Waals surface area contributed by atoms with E-state index >= 15 is 0 Å². The first-order chi connectivity index (χ1) is 8.63. The van der Waals surface area contributed by atoms with Crippen molar-refractivity contribution in [3.8, 4) is 5.75 Å². The molecule has 2 rings (SSSR count). The highest BCUT2D eigenvalue weighted by Crippen LogP contribution is 2.29. The molecular weight excluding hydrogens is 224 g/mol. The number of hydrogen-bond acceptors (Lipinski definition) is 3. The van der Waals surface area contributed by atoms with Crippen molar-refractivity contribution < 1.29 is 4.74 Å². The maximum Gasteiger partial charge on any atom is 0.123 e. The molecule has 3 N–H and O–H groups in total. The zero-order valence-electron chi connectivity index (χ0n) is 11.4. The molecule has 18 heavy (non-hydrogen) atoms. The summed E-state index contributed by atoms with van der Waals surface area (Å²) in [7, 11) is 0. The van der Waals surface area contributed by atoms with Gasteiger partial charge in [-0.05, 0) is 32.3 Å². The van der Waals surface area contributed by atoms with Gasteiger partial charge in [0.05, 0.1) is 6.10 Å². The second-order valence-electron chi connectivity index (χ2n) is 5.47. The topological polar surface area (TPSA) is 47.3 Å². The summed E-state index contributed by atoms with van der Waals surface area (Å²) in [5.41, 5.74) is 7.69. The number of nitrogen functional groups attached to an aromatic ring is 1. The third-order valence-corrected chi connectivity index (χ3v) is 3.41. The molecule has 0 amide bonds. The van der Waals surface area contributed by atoms with Crippen molar-refractivity contribution in [2.24, 2.45) is 5.92 Å². The van der Waals surface area contributed by atoms with E-state index in [9.17, 15) is 0 Å². The summed E-state index contributed by atoms with van der Waals surface area (Å²) >= 11 is 0. The average Bonchev–Trinajstić information content (AvgIpc) is 2.19. The Bertz CT molecular complexity index is 386. The van der Waals surface area contributed by atoms with Crippen LogP contribution in [-0.4, -0.2) is 12.6 Å². The van der Waals surface area contributed by atoms with Gasteiger partial charge in [0.15, 0.2) is 0 Å². The van der Waals surface area contributed by atoms with Crippen LogP contribution in [0.25, 0.3) is 0 Å². The van der Waals surface area contributed by atoms with Gasteiger partial charge in [-0.3, -0.25) is 0 Å². The van der Waals surface area contributed by atoms with Crippen LogP contribution in [0.3, 0.4) is 0 Å². The smallest absolute Gasteiger partial charge is 0.123 e. The van der Waals surface area contributed by atoms with E-state index in [0.29, 0.717) is 0 Å². The van der Waals surface area contributed by atoms with Crippen molar-refractivity contribution >= 4 is 11.4 Å². The summed E-state index contributed by atoms with van der Waals surface area (Å²) in [4.78, 5) is 0. The van der Waals surface area contributed by atoms with Gasteiger partial charge in [0.2, 0.25) is 0 Å². The van der Waals surface area contributed by atoms with Crippen molar-refractivity contribution in [3.63, 3.8) is 0 Å². The molecule has 1 aromatic carbocycles. The Kier molecular flexibility index (Phi) is 4.34. The molecule has 3 heteroatoms. The standard InChI is InChI=1S/C15H24N2O/c1-11(2)18-15-9-13(16)8-14(10-15)17-7-6-12-4-3-5-12/h8-12,17H,3-7,16H2,1-2H3. The molecular formula is C15H24N2O. The van der Waals surface area contributed by atoms with E-state index < -0.39 is 0 Å². The maximum atomic E-state index is 5.88. The number of ether oxygens (including phenoxy) is 1. The first-order valence-electron chi connectivity index (χ1n) is 6.94. The van der Waals surface area contributed by atoms with E-state index in [-0.39, 0.29) is 6.10 Å². The second kappa shape index (κ2) is 5.98. The number of nitrogens with one attached hydrogen (secondary N) is 1. The number of nitrogens with two attached hydrogens (primary N) is 1. The number of anilines is 2. The minimum atomic E-state index is 0.176. The first kappa shape index (κ1) is 13.1. The quantitative estimate of drug-likeness (QED) is 0.755. The third-order valence-electron chi connectivity index (χ3n) is 3.41. The molecule has 0 spiro atoms. The van der Waals surface area contributed by atoms with Crippen LogP contribution in [0.4, 0.5) is 11.4 Å². The van der Waals surface area contributed by atoms with Gasteiger partial charge in [-0.15, -0.1) is 0 Å². The monoisotopic (exact) mass is 248 g/mol. The lowest BCUT2D eigenvalue weighted by atomic mass is 9.83. The fourth-order valence-electron chi connectivity index (χ4n) is 2.27. The normalized spacial score (nSPS) is 15.5. The molecule has 3 nitrogen and oxygen atoms in total. The molecule has 0 unspecified atom stereocenters. The van der Waals surface area contributed by atoms with Gasteiger partial charge in [0.25, 0.3) is 0 Å². The minimum Gasteiger partial charge on any atom is -0.491 e. The summed E-state index contributed by atoms with van der Waals surface area (Å²) in [5, 5.41) is 3.44. The van der Waals surface area contributed by atoms with Gasteiger partial charge in [-0.2, -0.15) is 0 Å². The zero-order valence-corrected chi connectivity index (χ0v) is 11.4. The highest BCUT2D eigenvalue weighted by Gasteiger charge is 2.16. The Morgan fingerprint density at radius 3 is 2.72 bits per heavy atom. The highest BCUT2D eigenvalue weighted by atomic mass is 16.5. The summed E-state index contributed by atoms with van der Waals surface area (Å²) in [6.45, 7) is 5.06. The van der Waals surface area contributed by atoms with E-state index in [4.69, 9.17) is 10.5 Å². The first-order valence-corrected chi connectivity index (χ1v) is 6.94. The fourth-order valence-corrected chi connectivity index (χ4v) is 2.27. The molecule has 0 radical (unpaired) electrons. The Hall–Kier alpha value is -1.38. The van der Waals surface area contributed by atoms with Gasteiger partial charge in [0, 0.05) is 30.1 Å². The molecule has 0 saturated heterocycles. The van der Waals surface area contributed by atoms with Crippen molar-refractivity contribution in [1.29, 1.82) is 0 Å². The van der Waals surface area contributed by atoms with Crippen LogP contribution in [0, 0.1) is 5.92 Å². The van der Waals surface area contributed by atoms with Gasteiger partial charge in [-0.25, -0.2) is 0 Å².